The van der Waals surface area contributed by atoms with Gasteiger partial charge >= 0.3 is 20.4 Å². The van der Waals surface area contributed by atoms with Crippen LogP contribution in [0.5, 0.6) is 0 Å². The van der Waals surface area contributed by atoms with E-state index in [1.807, 2.05) is 12.1 Å². The summed E-state index contributed by atoms with van der Waals surface area (Å²) in [7, 11) is 0. The van der Waals surface area contributed by atoms with Crippen LogP contribution in [0.4, 0.5) is 0 Å². The van der Waals surface area contributed by atoms with E-state index in [1.54, 1.807) is 0 Å². The van der Waals surface area contributed by atoms with Gasteiger partial charge in [0.2, 0.25) is 0 Å². The molecular weight excluding hydrogens is 251 g/mol. The smallest absolute Gasteiger partial charge is 0.0622 e. The predicted octanol–water partition coefficient (Wildman–Crippen LogP) is 3.35. The first-order chi connectivity index (χ1) is 5.97. The van der Waals surface area contributed by atoms with E-state index < -0.39 is 0 Å². The molecule has 0 aliphatic carbocycles. The molecule has 2 rings (SSSR count). The molecule has 0 aliphatic rings. The van der Waals surface area contributed by atoms with Gasteiger partial charge in [-0.2, -0.15) is 0 Å². The van der Waals surface area contributed by atoms with E-state index in [4.69, 9.17) is 0 Å². The Hall–Kier alpha value is -0.898. The molecule has 0 amide bonds. The molecule has 0 saturated carbocycles. The van der Waals surface area contributed by atoms with Crippen molar-refractivity contribution in [2.24, 2.45) is 0 Å². The van der Waals surface area contributed by atoms with Crippen molar-refractivity contribution < 1.29 is 20.4 Å². The first-order valence-corrected chi connectivity index (χ1v) is 4.07. The molecule has 0 saturated heterocycles. The molecule has 0 aliphatic heterocycles. The molecule has 1 heteroatoms. The van der Waals surface area contributed by atoms with E-state index in [0.717, 1.165) is 0 Å². The topological polar surface area (TPSA) is 0 Å². The first kappa shape index (κ1) is 10.2. The standard InChI is InChI=1S/C12H10.Pd/c1-3-7-11(8-4-1)12-9-5-2-6-10-12;/h1-10H;/q;+2. The summed E-state index contributed by atoms with van der Waals surface area (Å²) < 4.78 is 0. The molecule has 2 aromatic rings. The largest absolute Gasteiger partial charge is 2.00 e. The Morgan fingerprint density at radius 1 is 0.462 bits per heavy atom. The Balaban J connectivity index is 0.000000845. The Morgan fingerprint density at radius 3 is 1.08 bits per heavy atom. The van der Waals surface area contributed by atoms with Crippen molar-refractivity contribution in [3.63, 3.8) is 0 Å². The molecule has 66 valence electrons. The summed E-state index contributed by atoms with van der Waals surface area (Å²) in [6.45, 7) is 0. The van der Waals surface area contributed by atoms with Crippen LogP contribution in [-0.4, -0.2) is 0 Å². The second-order valence-corrected chi connectivity index (χ2v) is 2.73. The maximum absolute atomic E-state index is 2.12. The van der Waals surface area contributed by atoms with E-state index in [9.17, 15) is 0 Å². The summed E-state index contributed by atoms with van der Waals surface area (Å²) in [6.07, 6.45) is 0. The normalized spacial score (nSPS) is 8.92. The third kappa shape index (κ3) is 2.52. The van der Waals surface area contributed by atoms with Gasteiger partial charge in [-0.25, -0.2) is 0 Å². The molecule has 0 aromatic heterocycles. The van der Waals surface area contributed by atoms with Gasteiger partial charge in [-0.3, -0.25) is 0 Å². The summed E-state index contributed by atoms with van der Waals surface area (Å²) in [5.41, 5.74) is 2.55. The molecule has 0 radical (unpaired) electrons. The number of hydrogen-bond acceptors (Lipinski definition) is 0. The van der Waals surface area contributed by atoms with E-state index >= 15 is 0 Å². The van der Waals surface area contributed by atoms with E-state index in [-0.39, 0.29) is 20.4 Å². The van der Waals surface area contributed by atoms with Crippen LogP contribution in [0.2, 0.25) is 0 Å². The average molecular weight is 261 g/mol. The fourth-order valence-electron chi connectivity index (χ4n) is 1.26. The van der Waals surface area contributed by atoms with Crippen molar-refractivity contribution in [2.75, 3.05) is 0 Å². The fourth-order valence-corrected chi connectivity index (χ4v) is 1.26. The van der Waals surface area contributed by atoms with Crippen molar-refractivity contribution >= 4 is 0 Å². The minimum Gasteiger partial charge on any atom is -0.0622 e. The monoisotopic (exact) mass is 260 g/mol. The molecule has 0 nitrogen and oxygen atoms in total. The minimum absolute atomic E-state index is 0. The van der Waals surface area contributed by atoms with Gasteiger partial charge in [0.15, 0.2) is 0 Å². The molecule has 13 heavy (non-hydrogen) atoms. The van der Waals surface area contributed by atoms with Crippen molar-refractivity contribution in [3.05, 3.63) is 60.7 Å². The Morgan fingerprint density at radius 2 is 0.769 bits per heavy atom. The van der Waals surface area contributed by atoms with Crippen molar-refractivity contribution in [2.45, 2.75) is 0 Å². The van der Waals surface area contributed by atoms with Gasteiger partial charge in [0.05, 0.1) is 0 Å². The van der Waals surface area contributed by atoms with Crippen LogP contribution in [0.15, 0.2) is 60.7 Å². The molecule has 0 unspecified atom stereocenters. The van der Waals surface area contributed by atoms with Gasteiger partial charge in [-0.05, 0) is 11.1 Å². The van der Waals surface area contributed by atoms with Crippen LogP contribution in [0.1, 0.15) is 0 Å². The van der Waals surface area contributed by atoms with Gasteiger partial charge in [0, 0.05) is 0 Å². The average Bonchev–Trinajstić information content (AvgIpc) is 2.21. The molecule has 0 atom stereocenters. The summed E-state index contributed by atoms with van der Waals surface area (Å²) in [4.78, 5) is 0. The molecule has 0 N–H and O–H groups in total. The van der Waals surface area contributed by atoms with Crippen LogP contribution in [0.3, 0.4) is 0 Å². The van der Waals surface area contributed by atoms with Crippen LogP contribution >= 0.6 is 0 Å². The van der Waals surface area contributed by atoms with Crippen LogP contribution < -0.4 is 0 Å². The summed E-state index contributed by atoms with van der Waals surface area (Å²) in [5.74, 6) is 0. The third-order valence-corrected chi connectivity index (χ3v) is 1.88. The van der Waals surface area contributed by atoms with Crippen LogP contribution in [0, 0.1) is 0 Å². The molecule has 0 heterocycles. The van der Waals surface area contributed by atoms with Crippen LogP contribution in [-0.2, 0) is 20.4 Å². The number of benzene rings is 2. The van der Waals surface area contributed by atoms with Crippen LogP contribution in [0.25, 0.3) is 11.1 Å². The molecule has 2 aromatic carbocycles. The van der Waals surface area contributed by atoms with Gasteiger partial charge in [0.25, 0.3) is 0 Å². The predicted molar refractivity (Wildman–Crippen MR) is 51.9 cm³/mol. The summed E-state index contributed by atoms with van der Waals surface area (Å²) in [5, 5.41) is 0. The zero-order valence-electron chi connectivity index (χ0n) is 7.09. The van der Waals surface area contributed by atoms with Gasteiger partial charge in [-0.15, -0.1) is 0 Å². The molecule has 0 spiro atoms. The maximum atomic E-state index is 2.12. The number of rotatable bonds is 1. The molecular formula is C12H10Pd+2. The van der Waals surface area contributed by atoms with Crippen molar-refractivity contribution in [1.29, 1.82) is 0 Å². The van der Waals surface area contributed by atoms with Crippen molar-refractivity contribution in [3.8, 4) is 11.1 Å². The van der Waals surface area contributed by atoms with Gasteiger partial charge in [-0.1, -0.05) is 60.7 Å². The molecule has 0 bridgehead atoms. The third-order valence-electron chi connectivity index (χ3n) is 1.88. The van der Waals surface area contributed by atoms with E-state index in [2.05, 4.69) is 48.5 Å². The summed E-state index contributed by atoms with van der Waals surface area (Å²) in [6, 6.07) is 20.8. The van der Waals surface area contributed by atoms with Gasteiger partial charge in [0.1, 0.15) is 0 Å². The SMILES string of the molecule is [Pd+2].c1ccc(-c2ccccc2)cc1. The number of hydrogen-bond donors (Lipinski definition) is 0. The van der Waals surface area contributed by atoms with Crippen molar-refractivity contribution in [1.82, 2.24) is 0 Å². The summed E-state index contributed by atoms with van der Waals surface area (Å²) >= 11 is 0. The van der Waals surface area contributed by atoms with E-state index in [0.29, 0.717) is 0 Å². The fraction of sp³-hybridized carbons (Fsp3) is 0. The quantitative estimate of drug-likeness (QED) is 0.690. The Kier molecular flexibility index (Phi) is 3.89. The Labute approximate surface area is 92.3 Å². The van der Waals surface area contributed by atoms with E-state index in [1.165, 1.54) is 11.1 Å². The maximum Gasteiger partial charge on any atom is 2.00 e. The zero-order valence-corrected chi connectivity index (χ0v) is 8.64. The second-order valence-electron chi connectivity index (χ2n) is 2.73. The molecule has 0 fully saturated rings. The van der Waals surface area contributed by atoms with Gasteiger partial charge < -0.3 is 0 Å². The zero-order chi connectivity index (χ0) is 8.23. The second kappa shape index (κ2) is 4.97. The minimum atomic E-state index is 0. The first-order valence-electron chi connectivity index (χ1n) is 4.07. The Bertz CT molecular complexity index is 303.